The number of carbonyl (C=O) groups excluding carboxylic acids is 2. The van der Waals surface area contributed by atoms with Gasteiger partial charge in [-0.1, -0.05) is 19.9 Å². The maximum Gasteiger partial charge on any atom is 0.243 e. The third-order valence-electron chi connectivity index (χ3n) is 4.71. The number of hydrogen-bond acceptors (Lipinski definition) is 5. The van der Waals surface area contributed by atoms with Gasteiger partial charge in [0.15, 0.2) is 0 Å². The normalized spacial score (nSPS) is 15.6. The van der Waals surface area contributed by atoms with E-state index >= 15 is 0 Å². The van der Waals surface area contributed by atoms with Crippen molar-refractivity contribution in [3.63, 3.8) is 0 Å². The zero-order valence-corrected chi connectivity index (χ0v) is 17.4. The molecule has 0 aliphatic carbocycles. The molecular weight excluding hydrogens is 382 g/mol. The van der Waals surface area contributed by atoms with Crippen LogP contribution in [0.25, 0.3) is 0 Å². The SMILES string of the molecule is CC(C)C(=O)Nc1cccc(NC(=O)CNc2ccc(OCC3CCCO3)cc2)c1. The van der Waals surface area contributed by atoms with Crippen molar-refractivity contribution in [2.24, 2.45) is 5.92 Å². The third-order valence-corrected chi connectivity index (χ3v) is 4.71. The van der Waals surface area contributed by atoms with Crippen molar-refractivity contribution < 1.29 is 19.1 Å². The maximum atomic E-state index is 12.2. The first kappa shape index (κ1) is 21.6. The van der Waals surface area contributed by atoms with E-state index in [4.69, 9.17) is 9.47 Å². The molecule has 7 nitrogen and oxygen atoms in total. The minimum atomic E-state index is -0.180. The van der Waals surface area contributed by atoms with Crippen molar-refractivity contribution in [3.8, 4) is 5.75 Å². The fourth-order valence-electron chi connectivity index (χ4n) is 2.98. The largest absolute Gasteiger partial charge is 0.491 e. The lowest BCUT2D eigenvalue weighted by Crippen LogP contribution is -2.22. The number of benzene rings is 2. The monoisotopic (exact) mass is 411 g/mol. The first-order chi connectivity index (χ1) is 14.5. The van der Waals surface area contributed by atoms with Gasteiger partial charge in [0.1, 0.15) is 12.4 Å². The molecule has 1 unspecified atom stereocenters. The summed E-state index contributed by atoms with van der Waals surface area (Å²) in [4.78, 5) is 24.1. The number of rotatable bonds is 9. The van der Waals surface area contributed by atoms with E-state index in [1.807, 2.05) is 38.1 Å². The molecule has 2 amide bonds. The van der Waals surface area contributed by atoms with E-state index in [-0.39, 0.29) is 30.4 Å². The van der Waals surface area contributed by atoms with E-state index in [0.717, 1.165) is 30.9 Å². The number of hydrogen-bond donors (Lipinski definition) is 3. The first-order valence-corrected chi connectivity index (χ1v) is 10.3. The Labute approximate surface area is 177 Å². The van der Waals surface area contributed by atoms with Crippen molar-refractivity contribution in [3.05, 3.63) is 48.5 Å². The van der Waals surface area contributed by atoms with Crippen LogP contribution in [0.15, 0.2) is 48.5 Å². The molecule has 7 heteroatoms. The van der Waals surface area contributed by atoms with Gasteiger partial charge >= 0.3 is 0 Å². The van der Waals surface area contributed by atoms with Crippen molar-refractivity contribution in [2.45, 2.75) is 32.8 Å². The summed E-state index contributed by atoms with van der Waals surface area (Å²) in [5.74, 6) is 0.422. The zero-order valence-electron chi connectivity index (χ0n) is 17.4. The van der Waals surface area contributed by atoms with Gasteiger partial charge in [0.2, 0.25) is 11.8 Å². The number of ether oxygens (including phenoxy) is 2. The maximum absolute atomic E-state index is 12.2. The predicted octanol–water partition coefficient (Wildman–Crippen LogP) is 3.89. The minimum absolute atomic E-state index is 0.0664. The van der Waals surface area contributed by atoms with Crippen LogP contribution in [-0.2, 0) is 14.3 Å². The summed E-state index contributed by atoms with van der Waals surface area (Å²) in [7, 11) is 0. The smallest absolute Gasteiger partial charge is 0.243 e. The lowest BCUT2D eigenvalue weighted by Gasteiger charge is -2.12. The summed E-state index contributed by atoms with van der Waals surface area (Å²) in [5.41, 5.74) is 2.10. The quantitative estimate of drug-likeness (QED) is 0.583. The van der Waals surface area contributed by atoms with Crippen LogP contribution in [0, 0.1) is 5.92 Å². The standard InChI is InChI=1S/C23H29N3O4/c1-16(2)23(28)26-19-6-3-5-18(13-19)25-22(27)14-24-17-8-10-20(11-9-17)30-15-21-7-4-12-29-21/h3,5-6,8-11,13,16,21,24H,4,7,12,14-15H2,1-2H3,(H,25,27)(H,26,28). The number of nitrogens with one attached hydrogen (secondary N) is 3. The second kappa shape index (κ2) is 10.6. The first-order valence-electron chi connectivity index (χ1n) is 10.3. The zero-order chi connectivity index (χ0) is 21.3. The summed E-state index contributed by atoms with van der Waals surface area (Å²) in [5, 5.41) is 8.74. The molecule has 1 heterocycles. The molecule has 2 aromatic carbocycles. The van der Waals surface area contributed by atoms with Crippen LogP contribution in [0.4, 0.5) is 17.1 Å². The molecule has 1 fully saturated rings. The van der Waals surface area contributed by atoms with E-state index in [1.165, 1.54) is 0 Å². The molecule has 1 aliphatic rings. The van der Waals surface area contributed by atoms with Crippen LogP contribution in [0.3, 0.4) is 0 Å². The van der Waals surface area contributed by atoms with Crippen LogP contribution in [0.5, 0.6) is 5.75 Å². The van der Waals surface area contributed by atoms with Gasteiger partial charge in [0, 0.05) is 29.6 Å². The highest BCUT2D eigenvalue weighted by atomic mass is 16.5. The molecule has 0 aromatic heterocycles. The van der Waals surface area contributed by atoms with Crippen LogP contribution in [0.1, 0.15) is 26.7 Å². The molecule has 0 spiro atoms. The lowest BCUT2D eigenvalue weighted by molar-refractivity contribution is -0.119. The summed E-state index contributed by atoms with van der Waals surface area (Å²) in [6, 6.07) is 14.6. The van der Waals surface area contributed by atoms with Gasteiger partial charge in [0.25, 0.3) is 0 Å². The summed E-state index contributed by atoms with van der Waals surface area (Å²) < 4.78 is 11.3. The third kappa shape index (κ3) is 6.77. The molecule has 1 saturated heterocycles. The van der Waals surface area contributed by atoms with Crippen LogP contribution in [-0.4, -0.2) is 37.7 Å². The summed E-state index contributed by atoms with van der Waals surface area (Å²) in [6.45, 7) is 5.16. The fourth-order valence-corrected chi connectivity index (χ4v) is 2.98. The second-order valence-electron chi connectivity index (χ2n) is 7.60. The predicted molar refractivity (Wildman–Crippen MR) is 118 cm³/mol. The fraction of sp³-hybridized carbons (Fsp3) is 0.391. The molecule has 3 rings (SSSR count). The van der Waals surface area contributed by atoms with Gasteiger partial charge in [-0.15, -0.1) is 0 Å². The number of carbonyl (C=O) groups is 2. The Morgan fingerprint density at radius 1 is 1.07 bits per heavy atom. The van der Waals surface area contributed by atoms with Gasteiger partial charge in [-0.2, -0.15) is 0 Å². The summed E-state index contributed by atoms with van der Waals surface area (Å²) in [6.07, 6.45) is 2.32. The molecule has 3 N–H and O–H groups in total. The molecule has 1 atom stereocenters. The molecule has 0 saturated carbocycles. The molecule has 160 valence electrons. The van der Waals surface area contributed by atoms with Gasteiger partial charge in [-0.05, 0) is 55.3 Å². The van der Waals surface area contributed by atoms with E-state index in [0.29, 0.717) is 18.0 Å². The molecule has 2 aromatic rings. The number of anilines is 3. The van der Waals surface area contributed by atoms with Crippen molar-refractivity contribution in [1.82, 2.24) is 0 Å². The van der Waals surface area contributed by atoms with Gasteiger partial charge in [-0.25, -0.2) is 0 Å². The van der Waals surface area contributed by atoms with Gasteiger partial charge in [-0.3, -0.25) is 9.59 Å². The Bertz CT molecular complexity index is 846. The number of amides is 2. The Morgan fingerprint density at radius 3 is 2.47 bits per heavy atom. The minimum Gasteiger partial charge on any atom is -0.491 e. The van der Waals surface area contributed by atoms with Crippen LogP contribution < -0.4 is 20.7 Å². The highest BCUT2D eigenvalue weighted by Crippen LogP contribution is 2.19. The highest BCUT2D eigenvalue weighted by Gasteiger charge is 2.15. The van der Waals surface area contributed by atoms with E-state index in [2.05, 4.69) is 16.0 Å². The van der Waals surface area contributed by atoms with Crippen LogP contribution >= 0.6 is 0 Å². The second-order valence-corrected chi connectivity index (χ2v) is 7.60. The highest BCUT2D eigenvalue weighted by molar-refractivity contribution is 5.96. The Hall–Kier alpha value is -3.06. The van der Waals surface area contributed by atoms with E-state index in [1.54, 1.807) is 24.3 Å². The Morgan fingerprint density at radius 2 is 1.80 bits per heavy atom. The average Bonchev–Trinajstić information content (AvgIpc) is 3.25. The van der Waals surface area contributed by atoms with Crippen molar-refractivity contribution in [1.29, 1.82) is 0 Å². The van der Waals surface area contributed by atoms with E-state index < -0.39 is 0 Å². The summed E-state index contributed by atoms with van der Waals surface area (Å²) >= 11 is 0. The average molecular weight is 412 g/mol. The molecule has 0 radical (unpaired) electrons. The van der Waals surface area contributed by atoms with Crippen molar-refractivity contribution in [2.75, 3.05) is 35.7 Å². The van der Waals surface area contributed by atoms with Gasteiger partial charge < -0.3 is 25.4 Å². The molecule has 30 heavy (non-hydrogen) atoms. The molecule has 1 aliphatic heterocycles. The Balaban J connectivity index is 1.43. The van der Waals surface area contributed by atoms with Gasteiger partial charge in [0.05, 0.1) is 12.6 Å². The molecule has 0 bridgehead atoms. The topological polar surface area (TPSA) is 88.7 Å². The molecular formula is C23H29N3O4. The Kier molecular flexibility index (Phi) is 7.68. The van der Waals surface area contributed by atoms with Crippen LogP contribution in [0.2, 0.25) is 0 Å². The lowest BCUT2D eigenvalue weighted by atomic mass is 10.2. The van der Waals surface area contributed by atoms with E-state index in [9.17, 15) is 9.59 Å². The van der Waals surface area contributed by atoms with Crippen molar-refractivity contribution >= 4 is 28.9 Å².